The van der Waals surface area contributed by atoms with Crippen LogP contribution in [0.1, 0.15) is 354 Å². The van der Waals surface area contributed by atoms with Gasteiger partial charge in [-0.25, -0.2) is 0 Å². The number of hydrogen-bond donors (Lipinski definition) is 0. The second kappa shape index (κ2) is 32.3. The minimum atomic E-state index is -0.0995. The van der Waals surface area contributed by atoms with E-state index in [2.05, 4.69) is 134 Å². The van der Waals surface area contributed by atoms with E-state index in [9.17, 15) is 0 Å². The molecule has 0 radical (unpaired) electrons. The molecule has 3 saturated carbocycles. The summed E-state index contributed by atoms with van der Waals surface area (Å²) in [6.45, 7) is 39.5. The fourth-order valence-electron chi connectivity index (χ4n) is 18.2. The second-order valence-corrected chi connectivity index (χ2v) is 28.6. The van der Waals surface area contributed by atoms with Crippen LogP contribution in [0.5, 0.6) is 0 Å². The Bertz CT molecular complexity index is 1710. The molecular weight excluding hydrogens is 1040 g/mol. The lowest BCUT2D eigenvalue weighted by Gasteiger charge is -2.61. The molecule has 0 unspecified atom stereocenters. The molecule has 7 rings (SSSR count). The van der Waals surface area contributed by atoms with Crippen LogP contribution in [-0.2, 0) is 14.5 Å². The zero-order valence-corrected chi connectivity index (χ0v) is 57.9. The third-order valence-electron chi connectivity index (χ3n) is 24.5. The summed E-state index contributed by atoms with van der Waals surface area (Å²) in [5.41, 5.74) is -0.597. The number of anilines is 3. The Morgan fingerprint density at radius 3 is 0.667 bits per heavy atom. The number of unbranched alkanes of at least 4 members (excludes halogenated alkanes) is 3. The van der Waals surface area contributed by atoms with Crippen molar-refractivity contribution in [2.45, 2.75) is 424 Å². The van der Waals surface area contributed by atoms with Crippen LogP contribution < -0.4 is 14.7 Å². The van der Waals surface area contributed by atoms with Crippen molar-refractivity contribution >= 4 is 17.8 Å². The molecule has 0 amide bonds. The summed E-state index contributed by atoms with van der Waals surface area (Å²) < 4.78 is 0. The number of rotatable bonds is 33. The van der Waals surface area contributed by atoms with E-state index in [1.54, 1.807) is 0 Å². The van der Waals surface area contributed by atoms with Gasteiger partial charge in [-0.2, -0.15) is 30.1 Å². The van der Waals surface area contributed by atoms with Gasteiger partial charge in [-0.05, 0) is 173 Å². The van der Waals surface area contributed by atoms with Crippen LogP contribution in [-0.4, -0.2) is 119 Å². The SMILES string of the molecule is CCCCN(c1nc(N(CCCC)C2CC(CC)(CC)N(OC3CCCCC3)C(CC)(CC)C2)nc(N(CCCC)C2CC(CC)(CC)N(OC3CCCCC3)C(CC)(CC)C2)n1)C1CC(CC)(CC)N(OC2CCCCC2)C(CC)(CC)C1. The van der Waals surface area contributed by atoms with Crippen LogP contribution in [0.2, 0.25) is 0 Å². The van der Waals surface area contributed by atoms with E-state index in [1.807, 2.05) is 0 Å². The molecule has 0 N–H and O–H groups in total. The summed E-state index contributed by atoms with van der Waals surface area (Å²) in [5.74, 6) is 2.75. The summed E-state index contributed by atoms with van der Waals surface area (Å²) >= 11 is 0. The highest BCUT2D eigenvalue weighted by Crippen LogP contribution is 2.53. The Balaban J connectivity index is 1.45. The Kier molecular flexibility index (Phi) is 26.7. The molecule has 6 aliphatic rings. The zero-order valence-electron chi connectivity index (χ0n) is 57.9. The van der Waals surface area contributed by atoms with Crippen molar-refractivity contribution in [2.75, 3.05) is 34.3 Å². The second-order valence-electron chi connectivity index (χ2n) is 28.6. The molecule has 3 aliphatic heterocycles. The predicted octanol–water partition coefficient (Wildman–Crippen LogP) is 19.2. The van der Waals surface area contributed by atoms with Crippen molar-refractivity contribution in [2.24, 2.45) is 0 Å². The van der Waals surface area contributed by atoms with Gasteiger partial charge in [-0.15, -0.1) is 0 Å². The molecule has 6 fully saturated rings. The Morgan fingerprint density at radius 1 is 0.310 bits per heavy atom. The van der Waals surface area contributed by atoms with Crippen molar-refractivity contribution in [1.82, 2.24) is 30.1 Å². The molecule has 12 nitrogen and oxygen atoms in total. The van der Waals surface area contributed by atoms with Crippen LogP contribution in [0.3, 0.4) is 0 Å². The zero-order chi connectivity index (χ0) is 60.6. The maximum absolute atomic E-state index is 7.53. The quantitative estimate of drug-likeness (QED) is 0.0672. The van der Waals surface area contributed by atoms with Crippen molar-refractivity contribution < 1.29 is 14.5 Å². The largest absolute Gasteiger partial charge is 0.337 e. The van der Waals surface area contributed by atoms with Crippen LogP contribution >= 0.6 is 0 Å². The topological polar surface area (TPSA) is 85.8 Å². The van der Waals surface area contributed by atoms with Gasteiger partial charge in [0.05, 0.1) is 18.3 Å². The van der Waals surface area contributed by atoms with Gasteiger partial charge in [-0.1, -0.05) is 181 Å². The highest BCUT2D eigenvalue weighted by molar-refractivity contribution is 5.49. The Hall–Kier alpha value is -1.83. The number of piperidine rings is 3. The molecule has 4 heterocycles. The van der Waals surface area contributed by atoms with Crippen molar-refractivity contribution in [3.63, 3.8) is 0 Å². The summed E-state index contributed by atoms with van der Waals surface area (Å²) in [6, 6.07) is 0.751. The molecule has 0 bridgehead atoms. The van der Waals surface area contributed by atoms with E-state index in [0.717, 1.165) is 192 Å². The summed E-state index contributed by atoms with van der Waals surface area (Å²) in [5, 5.41) is 8.02. The maximum atomic E-state index is 7.53. The number of hydrogen-bond acceptors (Lipinski definition) is 12. The predicted molar refractivity (Wildman–Crippen MR) is 355 cm³/mol. The number of nitrogens with zero attached hydrogens (tertiary/aromatic N) is 9. The molecule has 1 aromatic rings. The van der Waals surface area contributed by atoms with E-state index < -0.39 is 0 Å². The number of hydroxylamine groups is 6. The summed E-state index contributed by atoms with van der Waals surface area (Å²) in [7, 11) is 0. The summed E-state index contributed by atoms with van der Waals surface area (Å²) in [6.07, 6.45) is 45.4. The maximum Gasteiger partial charge on any atom is 0.232 e. The van der Waals surface area contributed by atoms with Crippen LogP contribution in [0.25, 0.3) is 0 Å². The molecule has 12 heteroatoms. The normalized spacial score (nSPS) is 24.2. The Labute approximate surface area is 518 Å². The highest BCUT2D eigenvalue weighted by Gasteiger charge is 2.58. The van der Waals surface area contributed by atoms with Gasteiger partial charge in [0.25, 0.3) is 0 Å². The van der Waals surface area contributed by atoms with Gasteiger partial charge in [0, 0.05) is 71.0 Å². The van der Waals surface area contributed by atoms with Crippen LogP contribution in [0.4, 0.5) is 17.8 Å². The van der Waals surface area contributed by atoms with E-state index in [0.29, 0.717) is 18.3 Å². The summed E-state index contributed by atoms with van der Waals surface area (Å²) in [4.78, 5) is 49.2. The lowest BCUT2D eigenvalue weighted by atomic mass is 9.70. The molecule has 84 heavy (non-hydrogen) atoms. The third kappa shape index (κ3) is 14.8. The fraction of sp³-hybridized carbons (Fsp3) is 0.958. The van der Waals surface area contributed by atoms with Gasteiger partial charge >= 0.3 is 0 Å². The average Bonchev–Trinajstić information content (AvgIpc) is 1.54. The molecule has 3 aliphatic carbocycles. The molecule has 0 aromatic carbocycles. The van der Waals surface area contributed by atoms with E-state index in [1.165, 1.54) is 96.3 Å². The van der Waals surface area contributed by atoms with Crippen LogP contribution in [0, 0.1) is 0 Å². The first-order chi connectivity index (χ1) is 40.7. The van der Waals surface area contributed by atoms with E-state index >= 15 is 0 Å². The first-order valence-electron chi connectivity index (χ1n) is 37.2. The standard InChI is InChI=1S/C72H135N9O3/c1-16-31-49-76(58-52-67(19-4,20-5)79(68(21-6,22-7)53-58)82-61-43-37-34-38-44-61)64-73-65(77(50-32-17-2)59-54-69(23-8,24-9)80(70(25-10,26-11)55-59)83-62-45-39-35-40-46-62)75-66(74-64)78(51-33-18-3)60-56-71(27-12,28-13)81(72(29-14,30-15)57-60)84-63-47-41-36-42-48-63/h58-63H,16-57H2,1-15H3. The Morgan fingerprint density at radius 2 is 0.500 bits per heavy atom. The van der Waals surface area contributed by atoms with E-state index in [4.69, 9.17) is 29.5 Å². The first-order valence-corrected chi connectivity index (χ1v) is 37.2. The molecule has 3 saturated heterocycles. The number of aromatic nitrogens is 3. The highest BCUT2D eigenvalue weighted by atomic mass is 16.7. The molecule has 486 valence electrons. The van der Waals surface area contributed by atoms with Gasteiger partial charge in [-0.3, -0.25) is 14.5 Å². The van der Waals surface area contributed by atoms with Gasteiger partial charge in [0.2, 0.25) is 17.8 Å². The molecule has 0 spiro atoms. The van der Waals surface area contributed by atoms with Gasteiger partial charge in [0.1, 0.15) is 0 Å². The molecule has 0 atom stereocenters. The molecule has 1 aromatic heterocycles. The minimum Gasteiger partial charge on any atom is -0.337 e. The monoisotopic (exact) mass is 1170 g/mol. The van der Waals surface area contributed by atoms with Crippen LogP contribution in [0.15, 0.2) is 0 Å². The van der Waals surface area contributed by atoms with Crippen molar-refractivity contribution in [1.29, 1.82) is 0 Å². The lowest BCUT2D eigenvalue weighted by Crippen LogP contribution is -2.69. The fourth-order valence-corrected chi connectivity index (χ4v) is 18.2. The minimum absolute atomic E-state index is 0.0995. The molecular formula is C72H135N9O3. The van der Waals surface area contributed by atoms with Gasteiger partial charge < -0.3 is 14.7 Å². The van der Waals surface area contributed by atoms with Crippen molar-refractivity contribution in [3.05, 3.63) is 0 Å². The first kappa shape index (κ1) is 69.6. The average molecular weight is 1170 g/mol. The smallest absolute Gasteiger partial charge is 0.232 e. The van der Waals surface area contributed by atoms with Gasteiger partial charge in [0.15, 0.2) is 0 Å². The van der Waals surface area contributed by atoms with Crippen molar-refractivity contribution in [3.8, 4) is 0 Å². The third-order valence-corrected chi connectivity index (χ3v) is 24.5. The lowest BCUT2D eigenvalue weighted by molar-refractivity contribution is -0.328. The van der Waals surface area contributed by atoms with E-state index in [-0.39, 0.29) is 51.4 Å².